The van der Waals surface area contributed by atoms with Gasteiger partial charge < -0.3 is 24.4 Å². The number of pyridine rings is 1. The molecule has 0 amide bonds. The number of benzene rings is 1. The SMILES string of the molecule is COc1ncc(N2CCOc3ccc(OC4CCN(CC5CCNCC5)C4)cc32)cc1C#N. The molecule has 0 saturated carbocycles. The second-order valence-corrected chi connectivity index (χ2v) is 8.97. The van der Waals surface area contributed by atoms with Gasteiger partial charge in [-0.05, 0) is 56.5 Å². The number of likely N-dealkylation sites (tertiary alicyclic amines) is 1. The van der Waals surface area contributed by atoms with Crippen molar-refractivity contribution in [1.29, 1.82) is 5.26 Å². The van der Waals surface area contributed by atoms with Gasteiger partial charge in [-0.3, -0.25) is 4.90 Å². The summed E-state index contributed by atoms with van der Waals surface area (Å²) in [5.74, 6) is 2.79. The number of fused-ring (bicyclic) bond motifs is 1. The van der Waals surface area contributed by atoms with Crippen molar-refractivity contribution >= 4 is 11.4 Å². The molecule has 5 rings (SSSR count). The van der Waals surface area contributed by atoms with Crippen molar-refractivity contribution in [2.45, 2.75) is 25.4 Å². The fourth-order valence-electron chi connectivity index (χ4n) is 5.05. The van der Waals surface area contributed by atoms with Gasteiger partial charge in [0.15, 0.2) is 0 Å². The molecule has 1 aromatic heterocycles. The zero-order valence-electron chi connectivity index (χ0n) is 19.1. The van der Waals surface area contributed by atoms with Crippen LogP contribution in [-0.2, 0) is 0 Å². The molecule has 4 heterocycles. The van der Waals surface area contributed by atoms with E-state index in [1.165, 1.54) is 26.5 Å². The van der Waals surface area contributed by atoms with Crippen LogP contribution >= 0.6 is 0 Å². The van der Waals surface area contributed by atoms with Gasteiger partial charge in [0.1, 0.15) is 35.8 Å². The van der Waals surface area contributed by atoms with Crippen LogP contribution in [0.3, 0.4) is 0 Å². The second-order valence-electron chi connectivity index (χ2n) is 8.97. The number of hydrogen-bond acceptors (Lipinski definition) is 8. The molecule has 1 aromatic carbocycles. The van der Waals surface area contributed by atoms with Gasteiger partial charge in [0, 0.05) is 25.7 Å². The first-order valence-corrected chi connectivity index (χ1v) is 11.8. The molecule has 8 nitrogen and oxygen atoms in total. The number of piperidine rings is 1. The highest BCUT2D eigenvalue weighted by Crippen LogP contribution is 2.40. The van der Waals surface area contributed by atoms with Crippen LogP contribution in [0, 0.1) is 17.2 Å². The van der Waals surface area contributed by atoms with E-state index in [-0.39, 0.29) is 6.10 Å². The molecule has 3 aliphatic rings. The lowest BCUT2D eigenvalue weighted by Crippen LogP contribution is -2.36. The molecule has 1 unspecified atom stereocenters. The van der Waals surface area contributed by atoms with Crippen molar-refractivity contribution < 1.29 is 14.2 Å². The molecule has 1 atom stereocenters. The van der Waals surface area contributed by atoms with Gasteiger partial charge in [-0.15, -0.1) is 0 Å². The number of ether oxygens (including phenoxy) is 3. The van der Waals surface area contributed by atoms with Crippen LogP contribution in [0.4, 0.5) is 11.4 Å². The van der Waals surface area contributed by atoms with Crippen molar-refractivity contribution in [1.82, 2.24) is 15.2 Å². The summed E-state index contributed by atoms with van der Waals surface area (Å²) in [6.45, 7) is 6.78. The van der Waals surface area contributed by atoms with Crippen molar-refractivity contribution in [2.75, 3.05) is 57.9 Å². The molecule has 0 spiro atoms. The minimum atomic E-state index is 0.204. The van der Waals surface area contributed by atoms with E-state index in [1.807, 2.05) is 24.3 Å². The van der Waals surface area contributed by atoms with E-state index in [1.54, 1.807) is 6.20 Å². The molecule has 8 heteroatoms. The summed E-state index contributed by atoms with van der Waals surface area (Å²) in [5.41, 5.74) is 2.18. The summed E-state index contributed by atoms with van der Waals surface area (Å²) in [6.07, 6.45) is 5.54. The minimum Gasteiger partial charge on any atom is -0.490 e. The quantitative estimate of drug-likeness (QED) is 0.721. The average Bonchev–Trinajstić information content (AvgIpc) is 3.30. The maximum atomic E-state index is 9.46. The summed E-state index contributed by atoms with van der Waals surface area (Å²) in [5, 5.41) is 12.9. The first-order valence-electron chi connectivity index (χ1n) is 11.8. The molecule has 2 saturated heterocycles. The van der Waals surface area contributed by atoms with Crippen molar-refractivity contribution in [3.63, 3.8) is 0 Å². The molecule has 0 radical (unpaired) electrons. The highest BCUT2D eigenvalue weighted by atomic mass is 16.5. The van der Waals surface area contributed by atoms with Gasteiger partial charge in [0.25, 0.3) is 0 Å². The van der Waals surface area contributed by atoms with E-state index in [0.29, 0.717) is 24.6 Å². The maximum absolute atomic E-state index is 9.46. The lowest BCUT2D eigenvalue weighted by molar-refractivity contribution is 0.183. The van der Waals surface area contributed by atoms with Gasteiger partial charge in [-0.1, -0.05) is 0 Å². The Kier molecular flexibility index (Phi) is 6.51. The van der Waals surface area contributed by atoms with Gasteiger partial charge in [-0.25, -0.2) is 4.98 Å². The maximum Gasteiger partial charge on any atom is 0.231 e. The molecule has 174 valence electrons. The Morgan fingerprint density at radius 3 is 2.91 bits per heavy atom. The molecule has 33 heavy (non-hydrogen) atoms. The smallest absolute Gasteiger partial charge is 0.231 e. The third-order valence-corrected chi connectivity index (χ3v) is 6.76. The average molecular weight is 450 g/mol. The molecule has 0 bridgehead atoms. The standard InChI is InChI=1S/C25H31N5O3/c1-31-25-19(14-26)12-20(15-28-25)30-10-11-32-24-3-2-21(13-23(24)30)33-22-6-9-29(17-22)16-18-4-7-27-8-5-18/h2-3,12-13,15,18,22,27H,4-11,16-17H2,1H3. The van der Waals surface area contributed by atoms with E-state index in [0.717, 1.165) is 61.4 Å². The van der Waals surface area contributed by atoms with Crippen LogP contribution in [0.5, 0.6) is 17.4 Å². The Morgan fingerprint density at radius 2 is 2.09 bits per heavy atom. The number of nitrogens with zero attached hydrogens (tertiary/aromatic N) is 4. The van der Waals surface area contributed by atoms with Crippen LogP contribution in [0.2, 0.25) is 0 Å². The fourth-order valence-corrected chi connectivity index (χ4v) is 5.05. The van der Waals surface area contributed by atoms with Crippen LogP contribution in [0.25, 0.3) is 0 Å². The topological polar surface area (TPSA) is 82.9 Å². The van der Waals surface area contributed by atoms with E-state index < -0.39 is 0 Å². The number of hydrogen-bond donors (Lipinski definition) is 1. The summed E-state index contributed by atoms with van der Waals surface area (Å²) in [6, 6.07) is 9.98. The summed E-state index contributed by atoms with van der Waals surface area (Å²) >= 11 is 0. The summed E-state index contributed by atoms with van der Waals surface area (Å²) in [4.78, 5) is 8.99. The lowest BCUT2D eigenvalue weighted by atomic mass is 9.98. The summed E-state index contributed by atoms with van der Waals surface area (Å²) < 4.78 is 17.5. The molecule has 2 aromatic rings. The second kappa shape index (κ2) is 9.86. The highest BCUT2D eigenvalue weighted by molar-refractivity contribution is 5.72. The zero-order valence-corrected chi connectivity index (χ0v) is 19.1. The van der Waals surface area contributed by atoms with Crippen LogP contribution in [-0.4, -0.2) is 69.0 Å². The van der Waals surface area contributed by atoms with E-state index in [2.05, 4.69) is 26.2 Å². The monoisotopic (exact) mass is 449 g/mol. The number of anilines is 2. The number of aromatic nitrogens is 1. The van der Waals surface area contributed by atoms with Gasteiger partial charge >= 0.3 is 0 Å². The van der Waals surface area contributed by atoms with E-state index in [4.69, 9.17) is 14.2 Å². The molecule has 3 aliphatic heterocycles. The van der Waals surface area contributed by atoms with Crippen LogP contribution in [0.15, 0.2) is 30.5 Å². The predicted molar refractivity (Wildman–Crippen MR) is 126 cm³/mol. The van der Waals surface area contributed by atoms with Gasteiger partial charge in [0.2, 0.25) is 5.88 Å². The lowest BCUT2D eigenvalue weighted by Gasteiger charge is -2.31. The Bertz CT molecular complexity index is 1020. The van der Waals surface area contributed by atoms with Crippen LogP contribution < -0.4 is 24.4 Å². The van der Waals surface area contributed by atoms with Crippen LogP contribution in [0.1, 0.15) is 24.8 Å². The first kappa shape index (κ1) is 21.8. The minimum absolute atomic E-state index is 0.204. The number of rotatable bonds is 6. The first-order chi connectivity index (χ1) is 16.2. The normalized spacial score (nSPS) is 21.2. The van der Waals surface area contributed by atoms with E-state index in [9.17, 15) is 5.26 Å². The molecular weight excluding hydrogens is 418 g/mol. The fraction of sp³-hybridized carbons (Fsp3) is 0.520. The number of nitrogens with one attached hydrogen (secondary N) is 1. The number of nitriles is 1. The molecule has 1 N–H and O–H groups in total. The largest absolute Gasteiger partial charge is 0.490 e. The molecule has 0 aliphatic carbocycles. The Balaban J connectivity index is 1.28. The van der Waals surface area contributed by atoms with Gasteiger partial charge in [-0.2, -0.15) is 5.26 Å². The van der Waals surface area contributed by atoms with Crippen molar-refractivity contribution in [3.8, 4) is 23.4 Å². The molecular formula is C25H31N5O3. The third-order valence-electron chi connectivity index (χ3n) is 6.76. The van der Waals surface area contributed by atoms with E-state index >= 15 is 0 Å². The van der Waals surface area contributed by atoms with Crippen molar-refractivity contribution in [2.24, 2.45) is 5.92 Å². The molecule has 2 fully saturated rings. The van der Waals surface area contributed by atoms with Crippen molar-refractivity contribution in [3.05, 3.63) is 36.0 Å². The van der Waals surface area contributed by atoms with Gasteiger partial charge in [0.05, 0.1) is 31.2 Å². The zero-order chi connectivity index (χ0) is 22.6. The number of methoxy groups -OCH3 is 1. The Labute approximate surface area is 195 Å². The highest BCUT2D eigenvalue weighted by Gasteiger charge is 2.28. The Morgan fingerprint density at radius 1 is 1.21 bits per heavy atom. The Hall–Kier alpha value is -3.02. The predicted octanol–water partition coefficient (Wildman–Crippen LogP) is 2.95. The summed E-state index contributed by atoms with van der Waals surface area (Å²) in [7, 11) is 1.52. The third kappa shape index (κ3) is 4.85.